The van der Waals surface area contributed by atoms with Gasteiger partial charge in [0, 0.05) is 11.9 Å². The van der Waals surface area contributed by atoms with Crippen molar-refractivity contribution in [3.8, 4) is 5.75 Å². The van der Waals surface area contributed by atoms with Gasteiger partial charge in [-0.3, -0.25) is 0 Å². The highest BCUT2D eigenvalue weighted by atomic mass is 32.1. The molecule has 0 saturated carbocycles. The summed E-state index contributed by atoms with van der Waals surface area (Å²) in [4.78, 5) is 4.50. The fourth-order valence-corrected chi connectivity index (χ4v) is 2.37. The van der Waals surface area contributed by atoms with Gasteiger partial charge in [-0.15, -0.1) is 11.3 Å². The summed E-state index contributed by atoms with van der Waals surface area (Å²) >= 11 is 1.58. The summed E-state index contributed by atoms with van der Waals surface area (Å²) in [7, 11) is 0. The summed E-state index contributed by atoms with van der Waals surface area (Å²) in [5.41, 5.74) is 1.04. The molecule has 108 valence electrons. The summed E-state index contributed by atoms with van der Waals surface area (Å²) in [5.74, 6) is 1.03. The van der Waals surface area contributed by atoms with Crippen molar-refractivity contribution in [1.29, 1.82) is 0 Å². The third-order valence-corrected chi connectivity index (χ3v) is 3.51. The van der Waals surface area contributed by atoms with Gasteiger partial charge in [0.1, 0.15) is 23.2 Å². The first-order chi connectivity index (χ1) is 9.63. The minimum Gasteiger partial charge on any atom is -0.486 e. The van der Waals surface area contributed by atoms with Gasteiger partial charge >= 0.3 is 0 Å². The number of nitrogens with zero attached hydrogens (tertiary/aromatic N) is 1. The number of hydrogen-bond donors (Lipinski definition) is 1. The minimum atomic E-state index is -0.259. The minimum absolute atomic E-state index is 0.259. The molecule has 0 amide bonds. The van der Waals surface area contributed by atoms with Crippen molar-refractivity contribution in [3.63, 3.8) is 0 Å². The molecule has 2 rings (SSSR count). The van der Waals surface area contributed by atoms with Crippen molar-refractivity contribution in [2.75, 3.05) is 6.54 Å². The van der Waals surface area contributed by atoms with Crippen LogP contribution in [0.25, 0.3) is 0 Å². The van der Waals surface area contributed by atoms with E-state index in [1.54, 1.807) is 23.5 Å². The Morgan fingerprint density at radius 3 is 2.75 bits per heavy atom. The van der Waals surface area contributed by atoms with Gasteiger partial charge in [-0.25, -0.2) is 9.37 Å². The third-order valence-electron chi connectivity index (χ3n) is 2.63. The molecule has 0 saturated heterocycles. The quantitative estimate of drug-likeness (QED) is 0.847. The first-order valence-electron chi connectivity index (χ1n) is 6.66. The smallest absolute Gasteiger partial charge is 0.140 e. The molecule has 20 heavy (non-hydrogen) atoms. The number of thiazole rings is 1. The van der Waals surface area contributed by atoms with Gasteiger partial charge in [0.2, 0.25) is 0 Å². The van der Waals surface area contributed by atoms with Gasteiger partial charge in [0.05, 0.1) is 5.69 Å². The molecule has 1 aromatic carbocycles. The third kappa shape index (κ3) is 4.90. The van der Waals surface area contributed by atoms with Gasteiger partial charge in [-0.05, 0) is 36.7 Å². The van der Waals surface area contributed by atoms with Crippen molar-refractivity contribution >= 4 is 11.3 Å². The molecule has 1 aromatic heterocycles. The molecule has 2 aromatic rings. The maximum absolute atomic E-state index is 12.8. The van der Waals surface area contributed by atoms with E-state index in [1.165, 1.54) is 12.1 Å². The van der Waals surface area contributed by atoms with Crippen molar-refractivity contribution in [3.05, 3.63) is 46.2 Å². The second-order valence-corrected chi connectivity index (χ2v) is 5.94. The number of hydrogen-bond acceptors (Lipinski definition) is 4. The predicted molar refractivity (Wildman–Crippen MR) is 79.4 cm³/mol. The van der Waals surface area contributed by atoms with E-state index in [0.29, 0.717) is 18.3 Å². The maximum atomic E-state index is 12.8. The number of halogens is 1. The Balaban J connectivity index is 1.79. The SMILES string of the molecule is CC(C)CNCc1csc(COc2ccc(F)cc2)n1. The van der Waals surface area contributed by atoms with Gasteiger partial charge in [0.25, 0.3) is 0 Å². The Bertz CT molecular complexity index is 525. The van der Waals surface area contributed by atoms with Crippen molar-refractivity contribution < 1.29 is 9.13 Å². The van der Waals surface area contributed by atoms with Crippen LogP contribution in [0.3, 0.4) is 0 Å². The van der Waals surface area contributed by atoms with Crippen LogP contribution in [0.1, 0.15) is 24.5 Å². The lowest BCUT2D eigenvalue weighted by atomic mass is 10.2. The van der Waals surface area contributed by atoms with Crippen LogP contribution in [0.4, 0.5) is 4.39 Å². The molecule has 0 bridgehead atoms. The van der Waals surface area contributed by atoms with E-state index in [-0.39, 0.29) is 5.82 Å². The Morgan fingerprint density at radius 2 is 2.05 bits per heavy atom. The molecule has 5 heteroatoms. The first kappa shape index (κ1) is 14.9. The average molecular weight is 294 g/mol. The summed E-state index contributed by atoms with van der Waals surface area (Å²) in [6, 6.07) is 6.01. The lowest BCUT2D eigenvalue weighted by Gasteiger charge is -2.05. The Kier molecular flexibility index (Phi) is 5.49. The van der Waals surface area contributed by atoms with Gasteiger partial charge in [-0.1, -0.05) is 13.8 Å². The van der Waals surface area contributed by atoms with Crippen LogP contribution in [0.2, 0.25) is 0 Å². The number of benzene rings is 1. The van der Waals surface area contributed by atoms with Crippen LogP contribution in [-0.4, -0.2) is 11.5 Å². The summed E-state index contributed by atoms with van der Waals surface area (Å²) in [5, 5.41) is 6.32. The number of aromatic nitrogens is 1. The van der Waals surface area contributed by atoms with E-state index in [4.69, 9.17) is 4.74 Å². The zero-order chi connectivity index (χ0) is 14.4. The van der Waals surface area contributed by atoms with E-state index in [2.05, 4.69) is 24.1 Å². The molecule has 1 N–H and O–H groups in total. The van der Waals surface area contributed by atoms with Crippen LogP contribution in [0, 0.1) is 11.7 Å². The second-order valence-electron chi connectivity index (χ2n) is 5.00. The molecule has 0 fully saturated rings. The van der Waals surface area contributed by atoms with Crippen LogP contribution in [0.15, 0.2) is 29.6 Å². The summed E-state index contributed by atoms with van der Waals surface area (Å²) in [6.45, 7) is 6.54. The van der Waals surface area contributed by atoms with E-state index in [1.807, 2.05) is 5.38 Å². The van der Waals surface area contributed by atoms with Crippen LogP contribution < -0.4 is 10.1 Å². The molecule has 3 nitrogen and oxygen atoms in total. The Morgan fingerprint density at radius 1 is 1.30 bits per heavy atom. The molecular weight excluding hydrogens is 275 g/mol. The summed E-state index contributed by atoms with van der Waals surface area (Å²) < 4.78 is 18.3. The average Bonchev–Trinajstić information content (AvgIpc) is 2.86. The normalized spacial score (nSPS) is 11.0. The molecule has 0 aliphatic rings. The van der Waals surface area contributed by atoms with Gasteiger partial charge in [-0.2, -0.15) is 0 Å². The van der Waals surface area contributed by atoms with E-state index >= 15 is 0 Å². The molecule has 0 aliphatic carbocycles. The molecule has 0 atom stereocenters. The predicted octanol–water partition coefficient (Wildman–Crippen LogP) is 3.61. The van der Waals surface area contributed by atoms with E-state index < -0.39 is 0 Å². The highest BCUT2D eigenvalue weighted by Crippen LogP contribution is 2.16. The summed E-state index contributed by atoms with van der Waals surface area (Å²) in [6.07, 6.45) is 0. The molecule has 0 radical (unpaired) electrons. The van der Waals surface area contributed by atoms with Gasteiger partial charge in [0.15, 0.2) is 0 Å². The highest BCUT2D eigenvalue weighted by molar-refractivity contribution is 7.09. The van der Waals surface area contributed by atoms with E-state index in [9.17, 15) is 4.39 Å². The van der Waals surface area contributed by atoms with Crippen LogP contribution in [-0.2, 0) is 13.2 Å². The zero-order valence-corrected chi connectivity index (χ0v) is 12.5. The lowest BCUT2D eigenvalue weighted by molar-refractivity contribution is 0.304. The molecule has 0 spiro atoms. The lowest BCUT2D eigenvalue weighted by Crippen LogP contribution is -2.19. The molecule has 0 unspecified atom stereocenters. The highest BCUT2D eigenvalue weighted by Gasteiger charge is 2.03. The number of rotatable bonds is 7. The number of ether oxygens (including phenoxy) is 1. The number of nitrogens with one attached hydrogen (secondary N) is 1. The Labute approximate surface area is 122 Å². The monoisotopic (exact) mass is 294 g/mol. The maximum Gasteiger partial charge on any atom is 0.140 e. The van der Waals surface area contributed by atoms with Crippen LogP contribution >= 0.6 is 11.3 Å². The van der Waals surface area contributed by atoms with Crippen molar-refractivity contribution in [1.82, 2.24) is 10.3 Å². The topological polar surface area (TPSA) is 34.1 Å². The van der Waals surface area contributed by atoms with Crippen molar-refractivity contribution in [2.24, 2.45) is 5.92 Å². The zero-order valence-electron chi connectivity index (χ0n) is 11.7. The molecule has 0 aliphatic heterocycles. The van der Waals surface area contributed by atoms with Gasteiger partial charge < -0.3 is 10.1 Å². The fraction of sp³-hybridized carbons (Fsp3) is 0.400. The molecule has 1 heterocycles. The van der Waals surface area contributed by atoms with Crippen molar-refractivity contribution in [2.45, 2.75) is 27.0 Å². The fourth-order valence-electron chi connectivity index (χ4n) is 1.66. The Hall–Kier alpha value is -1.46. The van der Waals surface area contributed by atoms with Crippen LogP contribution in [0.5, 0.6) is 5.75 Å². The first-order valence-corrected chi connectivity index (χ1v) is 7.54. The second kappa shape index (κ2) is 7.36. The largest absolute Gasteiger partial charge is 0.486 e. The molecular formula is C15H19FN2OS. The standard InChI is InChI=1S/C15H19FN2OS/c1-11(2)7-17-8-13-10-20-15(18-13)9-19-14-5-3-12(16)4-6-14/h3-6,10-11,17H,7-9H2,1-2H3. The van der Waals surface area contributed by atoms with E-state index in [0.717, 1.165) is 23.8 Å².